The summed E-state index contributed by atoms with van der Waals surface area (Å²) in [4.78, 5) is 18.6. The Morgan fingerprint density at radius 1 is 1.05 bits per heavy atom. The van der Waals surface area contributed by atoms with Gasteiger partial charge in [-0.1, -0.05) is 48.5 Å². The zero-order chi connectivity index (χ0) is 15.0. The molecule has 4 heteroatoms. The number of carbonyl (C=O) groups excluding carboxylic acids is 1. The quantitative estimate of drug-likeness (QED) is 0.869. The van der Waals surface area contributed by atoms with Gasteiger partial charge in [0.2, 0.25) is 0 Å². The van der Waals surface area contributed by atoms with Gasteiger partial charge in [0, 0.05) is 18.2 Å². The van der Waals surface area contributed by atoms with Gasteiger partial charge in [0.15, 0.2) is 5.66 Å². The monoisotopic (exact) mass is 279 g/mol. The van der Waals surface area contributed by atoms with Gasteiger partial charge in [-0.05, 0) is 13.0 Å². The highest BCUT2D eigenvalue weighted by atomic mass is 16.2. The maximum absolute atomic E-state index is 12.5. The Hall–Kier alpha value is -2.46. The summed E-state index contributed by atoms with van der Waals surface area (Å²) in [5.74, 6) is -0.221. The summed E-state index contributed by atoms with van der Waals surface area (Å²) in [5.41, 5.74) is 8.28. The Morgan fingerprint density at radius 2 is 1.67 bits per heavy atom. The van der Waals surface area contributed by atoms with Crippen LogP contribution < -0.4 is 10.6 Å². The number of fused-ring (bicyclic) bond motifs is 1. The highest BCUT2D eigenvalue weighted by molar-refractivity contribution is 6.20. The van der Waals surface area contributed by atoms with Gasteiger partial charge in [0.05, 0.1) is 11.4 Å². The van der Waals surface area contributed by atoms with Gasteiger partial charge in [-0.15, -0.1) is 0 Å². The maximum Gasteiger partial charge on any atom is 0.268 e. The normalized spacial score (nSPS) is 21.6. The molecule has 0 saturated heterocycles. The predicted molar refractivity (Wildman–Crippen MR) is 84.5 cm³/mol. The lowest BCUT2D eigenvalue weighted by atomic mass is 10.0. The van der Waals surface area contributed by atoms with Crippen molar-refractivity contribution in [1.82, 2.24) is 0 Å². The molecule has 0 unspecified atom stereocenters. The van der Waals surface area contributed by atoms with Crippen LogP contribution in [-0.4, -0.2) is 24.3 Å². The van der Waals surface area contributed by atoms with E-state index in [1.165, 1.54) is 0 Å². The molecular formula is C17H17N3O. The second kappa shape index (κ2) is 4.82. The summed E-state index contributed by atoms with van der Waals surface area (Å²) < 4.78 is 0. The lowest BCUT2D eigenvalue weighted by Gasteiger charge is -2.23. The van der Waals surface area contributed by atoms with Crippen LogP contribution in [0.1, 0.15) is 18.1 Å². The van der Waals surface area contributed by atoms with Crippen molar-refractivity contribution in [3.8, 4) is 0 Å². The number of benzene rings is 2. The van der Waals surface area contributed by atoms with E-state index >= 15 is 0 Å². The van der Waals surface area contributed by atoms with Crippen molar-refractivity contribution in [1.29, 1.82) is 0 Å². The molecule has 0 spiro atoms. The van der Waals surface area contributed by atoms with Crippen molar-refractivity contribution >= 4 is 17.3 Å². The minimum atomic E-state index is -1.28. The zero-order valence-electron chi connectivity index (χ0n) is 12.1. The van der Waals surface area contributed by atoms with Crippen molar-refractivity contribution in [3.05, 3.63) is 65.7 Å². The summed E-state index contributed by atoms with van der Waals surface area (Å²) in [5, 5.41) is 0. The topological polar surface area (TPSA) is 58.7 Å². The first-order chi connectivity index (χ1) is 10.0. The molecular weight excluding hydrogens is 262 g/mol. The average molecular weight is 279 g/mol. The summed E-state index contributed by atoms with van der Waals surface area (Å²) in [7, 11) is 1.73. The molecule has 0 bridgehead atoms. The number of rotatable bonds is 1. The van der Waals surface area contributed by atoms with Crippen molar-refractivity contribution in [2.45, 2.75) is 12.6 Å². The first-order valence-corrected chi connectivity index (χ1v) is 6.82. The van der Waals surface area contributed by atoms with E-state index in [1.807, 2.05) is 54.6 Å². The number of aliphatic imine (C=N–C) groups is 1. The van der Waals surface area contributed by atoms with E-state index in [1.54, 1.807) is 18.9 Å². The fourth-order valence-corrected chi connectivity index (χ4v) is 2.57. The molecule has 1 amide bonds. The van der Waals surface area contributed by atoms with Gasteiger partial charge in [-0.2, -0.15) is 0 Å². The molecule has 106 valence electrons. The van der Waals surface area contributed by atoms with E-state index in [4.69, 9.17) is 5.73 Å². The maximum atomic E-state index is 12.5. The van der Waals surface area contributed by atoms with Gasteiger partial charge >= 0.3 is 0 Å². The number of anilines is 1. The number of nitrogens with two attached hydrogens (primary N) is 1. The number of hydrogen-bond donors (Lipinski definition) is 1. The molecule has 0 radical (unpaired) electrons. The van der Waals surface area contributed by atoms with Gasteiger partial charge in [0.25, 0.3) is 5.91 Å². The smallest absolute Gasteiger partial charge is 0.268 e. The average Bonchev–Trinajstić information content (AvgIpc) is 2.58. The summed E-state index contributed by atoms with van der Waals surface area (Å²) in [6.07, 6.45) is 0. The number of amides is 1. The lowest BCUT2D eigenvalue weighted by molar-refractivity contribution is -0.122. The highest BCUT2D eigenvalue weighted by Gasteiger charge is 2.36. The van der Waals surface area contributed by atoms with E-state index in [9.17, 15) is 4.79 Å². The van der Waals surface area contributed by atoms with Crippen LogP contribution in [0.3, 0.4) is 0 Å². The molecule has 2 aromatic rings. The number of carbonyl (C=O) groups is 1. The molecule has 1 aliphatic heterocycles. The van der Waals surface area contributed by atoms with Crippen LogP contribution in [0.25, 0.3) is 0 Å². The first-order valence-electron chi connectivity index (χ1n) is 6.82. The molecule has 1 heterocycles. The minimum Gasteiger partial charge on any atom is -0.312 e. The van der Waals surface area contributed by atoms with Crippen molar-refractivity contribution < 1.29 is 4.79 Å². The van der Waals surface area contributed by atoms with Gasteiger partial charge < -0.3 is 4.90 Å². The van der Waals surface area contributed by atoms with Crippen LogP contribution in [0.5, 0.6) is 0 Å². The summed E-state index contributed by atoms with van der Waals surface area (Å²) >= 11 is 0. The van der Waals surface area contributed by atoms with Gasteiger partial charge in [0.1, 0.15) is 0 Å². The fraction of sp³-hybridized carbons (Fsp3) is 0.176. The van der Waals surface area contributed by atoms with E-state index in [-0.39, 0.29) is 5.91 Å². The third-order valence-corrected chi connectivity index (χ3v) is 3.65. The second-order valence-corrected chi connectivity index (χ2v) is 5.36. The van der Waals surface area contributed by atoms with Crippen LogP contribution in [0.15, 0.2) is 59.6 Å². The molecule has 3 rings (SSSR count). The third kappa shape index (κ3) is 2.23. The zero-order valence-corrected chi connectivity index (χ0v) is 12.1. The Labute approximate surface area is 123 Å². The molecule has 21 heavy (non-hydrogen) atoms. The van der Waals surface area contributed by atoms with Crippen LogP contribution in [0, 0.1) is 0 Å². The molecule has 2 N–H and O–H groups in total. The Kier molecular flexibility index (Phi) is 3.11. The number of hydrogen-bond acceptors (Lipinski definition) is 3. The predicted octanol–water partition coefficient (Wildman–Crippen LogP) is 2.18. The summed E-state index contributed by atoms with van der Waals surface area (Å²) in [6, 6.07) is 17.5. The lowest BCUT2D eigenvalue weighted by Crippen LogP contribution is -2.50. The molecule has 1 aliphatic rings. The molecule has 0 aliphatic carbocycles. The van der Waals surface area contributed by atoms with Crippen LogP contribution in [0.4, 0.5) is 5.69 Å². The molecule has 2 aromatic carbocycles. The second-order valence-electron chi connectivity index (χ2n) is 5.36. The molecule has 1 atom stereocenters. The van der Waals surface area contributed by atoms with E-state index in [2.05, 4.69) is 4.99 Å². The van der Waals surface area contributed by atoms with E-state index < -0.39 is 5.66 Å². The van der Waals surface area contributed by atoms with Crippen molar-refractivity contribution in [2.24, 2.45) is 10.7 Å². The minimum absolute atomic E-state index is 0.221. The largest absolute Gasteiger partial charge is 0.312 e. The van der Waals surface area contributed by atoms with Gasteiger partial charge in [-0.3, -0.25) is 15.5 Å². The summed E-state index contributed by atoms with van der Waals surface area (Å²) in [6.45, 7) is 1.64. The molecule has 0 aromatic heterocycles. The standard InChI is InChI=1S/C17H17N3O/c1-17(18)16(21)20(2)14-11-7-6-10-13(14)15(19-17)12-8-4-3-5-9-12/h3-11H,18H2,1-2H3/t17-/m1/s1. The number of nitrogens with zero attached hydrogens (tertiary/aromatic N) is 2. The van der Waals surface area contributed by atoms with Crippen molar-refractivity contribution in [2.75, 3.05) is 11.9 Å². The van der Waals surface area contributed by atoms with Crippen LogP contribution >= 0.6 is 0 Å². The number of likely N-dealkylation sites (N-methyl/N-ethyl adjacent to an activating group) is 1. The Bertz CT molecular complexity index is 720. The molecule has 0 fully saturated rings. The van der Waals surface area contributed by atoms with Crippen LogP contribution in [-0.2, 0) is 4.79 Å². The van der Waals surface area contributed by atoms with E-state index in [0.29, 0.717) is 0 Å². The molecule has 0 saturated carbocycles. The Balaban J connectivity index is 2.30. The number of para-hydroxylation sites is 1. The SMILES string of the molecule is CN1C(=O)[C@](C)(N)N=C(c2ccccc2)c2ccccc21. The van der Waals surface area contributed by atoms with E-state index in [0.717, 1.165) is 22.5 Å². The number of benzodiazepines with no additional fused rings is 1. The highest BCUT2D eigenvalue weighted by Crippen LogP contribution is 2.29. The van der Waals surface area contributed by atoms with Crippen molar-refractivity contribution in [3.63, 3.8) is 0 Å². The first kappa shape index (κ1) is 13.5. The van der Waals surface area contributed by atoms with Crippen LogP contribution in [0.2, 0.25) is 0 Å². The van der Waals surface area contributed by atoms with Gasteiger partial charge in [-0.25, -0.2) is 0 Å². The molecule has 4 nitrogen and oxygen atoms in total. The Morgan fingerprint density at radius 3 is 2.38 bits per heavy atom. The fourth-order valence-electron chi connectivity index (χ4n) is 2.57. The third-order valence-electron chi connectivity index (χ3n) is 3.65.